The van der Waals surface area contributed by atoms with Gasteiger partial charge in [0.05, 0.1) is 16.1 Å². The van der Waals surface area contributed by atoms with Crippen molar-refractivity contribution in [2.24, 2.45) is 0 Å². The van der Waals surface area contributed by atoms with Crippen LogP contribution in [-0.2, 0) is 5.41 Å². The Labute approximate surface area is 267 Å². The van der Waals surface area contributed by atoms with Gasteiger partial charge in [-0.15, -0.1) is 11.3 Å². The molecule has 0 saturated carbocycles. The first-order valence-electron chi connectivity index (χ1n) is 15.6. The van der Waals surface area contributed by atoms with Gasteiger partial charge in [0.15, 0.2) is 0 Å². The molecule has 0 radical (unpaired) electrons. The van der Waals surface area contributed by atoms with E-state index in [0.29, 0.717) is 0 Å². The van der Waals surface area contributed by atoms with Gasteiger partial charge in [0.25, 0.3) is 0 Å². The molecule has 1 nitrogen and oxygen atoms in total. The molecule has 7 aromatic carbocycles. The fourth-order valence-corrected chi connectivity index (χ4v) is 8.72. The van der Waals surface area contributed by atoms with E-state index >= 15 is 0 Å². The first-order chi connectivity index (χ1) is 22.1. The maximum Gasteiger partial charge on any atom is 0.0640 e. The third-order valence-corrected chi connectivity index (χ3v) is 10.8. The van der Waals surface area contributed by atoms with Gasteiger partial charge in [-0.3, -0.25) is 0 Å². The van der Waals surface area contributed by atoms with E-state index in [1.54, 1.807) is 0 Å². The van der Waals surface area contributed by atoms with Crippen LogP contribution in [0.1, 0.15) is 25.0 Å². The number of rotatable bonds is 4. The zero-order valence-electron chi connectivity index (χ0n) is 25.3. The molecule has 1 aromatic heterocycles. The second kappa shape index (κ2) is 9.92. The van der Waals surface area contributed by atoms with Gasteiger partial charge in [0, 0.05) is 26.6 Å². The van der Waals surface area contributed by atoms with E-state index in [2.05, 4.69) is 170 Å². The molecule has 0 aliphatic heterocycles. The molecule has 2 heteroatoms. The third-order valence-electron chi connectivity index (χ3n) is 9.61. The van der Waals surface area contributed by atoms with Gasteiger partial charge in [-0.1, -0.05) is 129 Å². The zero-order chi connectivity index (χ0) is 30.1. The van der Waals surface area contributed by atoms with E-state index in [9.17, 15) is 0 Å². The van der Waals surface area contributed by atoms with E-state index in [-0.39, 0.29) is 5.41 Å². The molecule has 45 heavy (non-hydrogen) atoms. The quantitative estimate of drug-likeness (QED) is 0.196. The first kappa shape index (κ1) is 26.2. The molecule has 214 valence electrons. The lowest BCUT2D eigenvalue weighted by Crippen LogP contribution is -2.20. The average molecular weight is 594 g/mol. The summed E-state index contributed by atoms with van der Waals surface area (Å²) >= 11 is 1.89. The van der Waals surface area contributed by atoms with Crippen LogP contribution in [0.25, 0.3) is 53.2 Å². The van der Waals surface area contributed by atoms with Gasteiger partial charge < -0.3 is 4.90 Å². The molecule has 0 unspecified atom stereocenters. The van der Waals surface area contributed by atoms with Gasteiger partial charge in [0.1, 0.15) is 0 Å². The normalized spacial score (nSPS) is 13.3. The Morgan fingerprint density at radius 2 is 1.20 bits per heavy atom. The van der Waals surface area contributed by atoms with Crippen LogP contribution < -0.4 is 4.90 Å². The Balaban J connectivity index is 1.32. The van der Waals surface area contributed by atoms with Crippen molar-refractivity contribution in [2.45, 2.75) is 19.3 Å². The highest BCUT2D eigenvalue weighted by atomic mass is 32.1. The van der Waals surface area contributed by atoms with E-state index < -0.39 is 0 Å². The third kappa shape index (κ3) is 3.99. The molecule has 0 amide bonds. The number of fused-ring (bicyclic) bond motifs is 7. The van der Waals surface area contributed by atoms with Crippen LogP contribution in [0.15, 0.2) is 152 Å². The van der Waals surface area contributed by atoms with Gasteiger partial charge in [-0.2, -0.15) is 0 Å². The van der Waals surface area contributed by atoms with E-state index in [1.807, 2.05) is 11.3 Å². The molecular weight excluding hydrogens is 563 g/mol. The van der Waals surface area contributed by atoms with Crippen molar-refractivity contribution < 1.29 is 0 Å². The van der Waals surface area contributed by atoms with Crippen LogP contribution in [0.3, 0.4) is 0 Å². The lowest BCUT2D eigenvalue weighted by atomic mass is 9.81. The highest BCUT2D eigenvalue weighted by Gasteiger charge is 2.39. The van der Waals surface area contributed by atoms with Crippen LogP contribution in [-0.4, -0.2) is 0 Å². The van der Waals surface area contributed by atoms with E-state index in [4.69, 9.17) is 0 Å². The summed E-state index contributed by atoms with van der Waals surface area (Å²) in [5.74, 6) is 0. The maximum atomic E-state index is 2.52. The summed E-state index contributed by atoms with van der Waals surface area (Å²) in [4.78, 5) is 2.52. The van der Waals surface area contributed by atoms with Crippen molar-refractivity contribution in [3.8, 4) is 22.3 Å². The molecule has 0 saturated heterocycles. The zero-order valence-corrected chi connectivity index (χ0v) is 26.1. The van der Waals surface area contributed by atoms with Crippen molar-refractivity contribution in [1.82, 2.24) is 0 Å². The van der Waals surface area contributed by atoms with Gasteiger partial charge >= 0.3 is 0 Å². The molecule has 0 spiro atoms. The summed E-state index contributed by atoms with van der Waals surface area (Å²) in [6.45, 7) is 4.76. The standard InChI is InChI=1S/C43H31NS/c1-43(2)37-20-7-5-16-33(37)35-18-10-21-38(41(35)43)44(39-22-11-19-36-34-17-6-8-23-40(34)45-42(36)39)32-15-9-14-30(27-32)31-25-24-28-12-3-4-13-29(28)26-31/h3-27H,1-2H3. The number of thiophene rings is 1. The van der Waals surface area contributed by atoms with Gasteiger partial charge in [0.2, 0.25) is 0 Å². The predicted octanol–water partition coefficient (Wildman–Crippen LogP) is 12.7. The Morgan fingerprint density at radius 3 is 2.13 bits per heavy atom. The molecule has 8 aromatic rings. The molecule has 1 aliphatic carbocycles. The topological polar surface area (TPSA) is 3.24 Å². The Morgan fingerprint density at radius 1 is 0.511 bits per heavy atom. The lowest BCUT2D eigenvalue weighted by molar-refractivity contribution is 0.661. The van der Waals surface area contributed by atoms with E-state index in [1.165, 1.54) is 75.7 Å². The summed E-state index contributed by atoms with van der Waals surface area (Å²) in [6, 6.07) is 55.8. The Bertz CT molecular complexity index is 2430. The Hall–Kier alpha value is -5.18. The van der Waals surface area contributed by atoms with Gasteiger partial charge in [-0.05, 0) is 80.6 Å². The van der Waals surface area contributed by atoms with Crippen molar-refractivity contribution in [3.05, 3.63) is 163 Å². The minimum Gasteiger partial charge on any atom is -0.309 e. The molecule has 9 rings (SSSR count). The Kier molecular flexibility index (Phi) is 5.78. The van der Waals surface area contributed by atoms with Crippen LogP contribution in [0.5, 0.6) is 0 Å². The molecule has 0 atom stereocenters. The van der Waals surface area contributed by atoms with Crippen molar-refractivity contribution in [2.75, 3.05) is 4.90 Å². The molecule has 0 bridgehead atoms. The van der Waals surface area contributed by atoms with Gasteiger partial charge in [-0.25, -0.2) is 0 Å². The summed E-state index contributed by atoms with van der Waals surface area (Å²) in [6.07, 6.45) is 0. The molecule has 0 N–H and O–H groups in total. The number of hydrogen-bond donors (Lipinski definition) is 0. The van der Waals surface area contributed by atoms with E-state index in [0.717, 1.165) is 5.69 Å². The largest absolute Gasteiger partial charge is 0.309 e. The van der Waals surface area contributed by atoms with Crippen molar-refractivity contribution in [1.29, 1.82) is 0 Å². The second-order valence-electron chi connectivity index (χ2n) is 12.6. The molecular formula is C43H31NS. The number of benzene rings is 7. The fourth-order valence-electron chi connectivity index (χ4n) is 7.52. The summed E-state index contributed by atoms with van der Waals surface area (Å²) < 4.78 is 2.62. The van der Waals surface area contributed by atoms with Crippen LogP contribution >= 0.6 is 11.3 Å². The maximum absolute atomic E-state index is 2.52. The summed E-state index contributed by atoms with van der Waals surface area (Å²) in [7, 11) is 0. The molecule has 1 aliphatic rings. The second-order valence-corrected chi connectivity index (χ2v) is 13.6. The highest BCUT2D eigenvalue weighted by Crippen LogP contribution is 2.55. The van der Waals surface area contributed by atoms with Crippen LogP contribution in [0, 0.1) is 0 Å². The fraction of sp³-hybridized carbons (Fsp3) is 0.0698. The minimum atomic E-state index is -0.148. The monoisotopic (exact) mass is 593 g/mol. The minimum absolute atomic E-state index is 0.148. The predicted molar refractivity (Wildman–Crippen MR) is 195 cm³/mol. The molecule has 1 heterocycles. The first-order valence-corrected chi connectivity index (χ1v) is 16.4. The van der Waals surface area contributed by atoms with Crippen LogP contribution in [0.2, 0.25) is 0 Å². The smallest absolute Gasteiger partial charge is 0.0640 e. The number of anilines is 3. The summed E-state index contributed by atoms with van der Waals surface area (Å²) in [5.41, 5.74) is 11.3. The van der Waals surface area contributed by atoms with Crippen molar-refractivity contribution >= 4 is 59.3 Å². The highest BCUT2D eigenvalue weighted by molar-refractivity contribution is 7.26. The average Bonchev–Trinajstić information content (AvgIpc) is 3.58. The SMILES string of the molecule is CC1(C)c2ccccc2-c2cccc(N(c3cccc(-c4ccc5ccccc5c4)c3)c3cccc4c3sc3ccccc34)c21. The number of hydrogen-bond acceptors (Lipinski definition) is 2. The number of nitrogens with zero attached hydrogens (tertiary/aromatic N) is 1. The van der Waals surface area contributed by atoms with Crippen LogP contribution in [0.4, 0.5) is 17.1 Å². The van der Waals surface area contributed by atoms with Crippen molar-refractivity contribution in [3.63, 3.8) is 0 Å². The summed E-state index contributed by atoms with van der Waals surface area (Å²) in [5, 5.41) is 5.14. The molecule has 0 fully saturated rings. The lowest BCUT2D eigenvalue weighted by Gasteiger charge is -2.32.